The Morgan fingerprint density at radius 1 is 1.29 bits per heavy atom. The molecule has 148 valence electrons. The van der Waals surface area contributed by atoms with E-state index in [1.807, 2.05) is 42.1 Å². The minimum absolute atomic E-state index is 0.313. The van der Waals surface area contributed by atoms with E-state index in [1.165, 1.54) is 6.20 Å². The van der Waals surface area contributed by atoms with E-state index in [1.54, 1.807) is 27.0 Å². The molecule has 1 aromatic carbocycles. The SMILES string of the molecule is Cn1cc(CC(NC(=O)OC(C)(C)C)C(=O)Nc2ncc[nH]2)c2ccccc21. The normalized spacial score (nSPS) is 12.6. The third-order valence-electron chi connectivity index (χ3n) is 4.15. The minimum atomic E-state index is -0.828. The number of imidazole rings is 1. The van der Waals surface area contributed by atoms with Crippen LogP contribution < -0.4 is 10.6 Å². The van der Waals surface area contributed by atoms with E-state index in [0.29, 0.717) is 12.4 Å². The number of aromatic nitrogens is 3. The second-order valence-electron chi connectivity index (χ2n) is 7.61. The number of amides is 2. The molecule has 0 aliphatic heterocycles. The maximum atomic E-state index is 12.8. The van der Waals surface area contributed by atoms with E-state index in [4.69, 9.17) is 4.74 Å². The fourth-order valence-electron chi connectivity index (χ4n) is 3.00. The molecule has 0 saturated heterocycles. The van der Waals surface area contributed by atoms with Gasteiger partial charge in [-0.1, -0.05) is 18.2 Å². The molecule has 0 saturated carbocycles. The van der Waals surface area contributed by atoms with Crippen molar-refractivity contribution < 1.29 is 14.3 Å². The lowest BCUT2D eigenvalue weighted by atomic mass is 10.0. The summed E-state index contributed by atoms with van der Waals surface area (Å²) in [7, 11) is 1.95. The van der Waals surface area contributed by atoms with Gasteiger partial charge in [-0.05, 0) is 32.4 Å². The molecule has 2 amide bonds. The van der Waals surface area contributed by atoms with Crippen molar-refractivity contribution >= 4 is 28.9 Å². The number of para-hydroxylation sites is 1. The van der Waals surface area contributed by atoms with Crippen molar-refractivity contribution in [3.8, 4) is 0 Å². The monoisotopic (exact) mass is 383 g/mol. The first-order chi connectivity index (χ1) is 13.2. The van der Waals surface area contributed by atoms with Crippen LogP contribution in [-0.4, -0.2) is 38.2 Å². The minimum Gasteiger partial charge on any atom is -0.444 e. The van der Waals surface area contributed by atoms with Gasteiger partial charge in [0.1, 0.15) is 11.6 Å². The van der Waals surface area contributed by atoms with Crippen molar-refractivity contribution in [1.29, 1.82) is 0 Å². The van der Waals surface area contributed by atoms with Crippen LogP contribution in [-0.2, 0) is 23.0 Å². The summed E-state index contributed by atoms with van der Waals surface area (Å²) in [5, 5.41) is 6.40. The molecule has 3 aromatic rings. The fourth-order valence-corrected chi connectivity index (χ4v) is 3.00. The summed E-state index contributed by atoms with van der Waals surface area (Å²) in [5.74, 6) is -0.0624. The Morgan fingerprint density at radius 3 is 2.71 bits per heavy atom. The average molecular weight is 383 g/mol. The van der Waals surface area contributed by atoms with E-state index >= 15 is 0 Å². The number of hydrogen-bond donors (Lipinski definition) is 3. The molecule has 0 fully saturated rings. The molecule has 1 unspecified atom stereocenters. The molecular weight excluding hydrogens is 358 g/mol. The number of hydrogen-bond acceptors (Lipinski definition) is 4. The lowest BCUT2D eigenvalue weighted by molar-refractivity contribution is -0.118. The van der Waals surface area contributed by atoms with E-state index in [9.17, 15) is 9.59 Å². The van der Waals surface area contributed by atoms with Gasteiger partial charge < -0.3 is 19.6 Å². The first-order valence-electron chi connectivity index (χ1n) is 9.05. The zero-order chi connectivity index (χ0) is 20.3. The van der Waals surface area contributed by atoms with Crippen LogP contribution in [0.25, 0.3) is 10.9 Å². The smallest absolute Gasteiger partial charge is 0.408 e. The third kappa shape index (κ3) is 4.70. The van der Waals surface area contributed by atoms with E-state index in [0.717, 1.165) is 16.5 Å². The highest BCUT2D eigenvalue weighted by Gasteiger charge is 2.26. The molecule has 28 heavy (non-hydrogen) atoms. The van der Waals surface area contributed by atoms with Crippen LogP contribution in [0.15, 0.2) is 42.9 Å². The van der Waals surface area contributed by atoms with Gasteiger partial charge in [0, 0.05) is 43.0 Å². The number of anilines is 1. The number of aryl methyl sites for hydroxylation is 1. The number of alkyl carbamates (subject to hydrolysis) is 1. The summed E-state index contributed by atoms with van der Waals surface area (Å²) in [4.78, 5) is 31.9. The Kier molecular flexibility index (Phi) is 5.39. The third-order valence-corrected chi connectivity index (χ3v) is 4.15. The molecule has 2 aromatic heterocycles. The number of benzene rings is 1. The largest absolute Gasteiger partial charge is 0.444 e. The van der Waals surface area contributed by atoms with Crippen molar-refractivity contribution in [2.75, 3.05) is 5.32 Å². The lowest BCUT2D eigenvalue weighted by Crippen LogP contribution is -2.47. The quantitative estimate of drug-likeness (QED) is 0.630. The molecule has 0 radical (unpaired) electrons. The number of nitrogens with zero attached hydrogens (tertiary/aromatic N) is 2. The van der Waals surface area contributed by atoms with Gasteiger partial charge in [0.25, 0.3) is 0 Å². The fraction of sp³-hybridized carbons (Fsp3) is 0.350. The number of carbonyl (C=O) groups is 2. The van der Waals surface area contributed by atoms with Crippen LogP contribution in [0.2, 0.25) is 0 Å². The van der Waals surface area contributed by atoms with E-state index < -0.39 is 17.7 Å². The van der Waals surface area contributed by atoms with Gasteiger partial charge in [0.2, 0.25) is 11.9 Å². The Hall–Kier alpha value is -3.29. The second-order valence-corrected chi connectivity index (χ2v) is 7.61. The molecule has 8 nitrogen and oxygen atoms in total. The summed E-state index contributed by atoms with van der Waals surface area (Å²) in [6.45, 7) is 5.32. The molecular formula is C20H25N5O3. The molecule has 0 bridgehead atoms. The first kappa shape index (κ1) is 19.5. The molecule has 0 aliphatic rings. The number of aromatic amines is 1. The zero-order valence-electron chi connectivity index (χ0n) is 16.4. The topological polar surface area (TPSA) is 101 Å². The van der Waals surface area contributed by atoms with Crippen molar-refractivity contribution in [2.24, 2.45) is 7.05 Å². The van der Waals surface area contributed by atoms with Gasteiger partial charge in [-0.25, -0.2) is 9.78 Å². The van der Waals surface area contributed by atoms with Crippen molar-refractivity contribution in [3.05, 3.63) is 48.4 Å². The van der Waals surface area contributed by atoms with Crippen LogP contribution in [0.3, 0.4) is 0 Å². The highest BCUT2D eigenvalue weighted by molar-refractivity contribution is 5.96. The van der Waals surface area contributed by atoms with E-state index in [2.05, 4.69) is 20.6 Å². The predicted molar refractivity (Wildman–Crippen MR) is 107 cm³/mol. The van der Waals surface area contributed by atoms with Gasteiger partial charge in [-0.3, -0.25) is 10.1 Å². The highest BCUT2D eigenvalue weighted by atomic mass is 16.6. The van der Waals surface area contributed by atoms with Crippen LogP contribution in [0.1, 0.15) is 26.3 Å². The Bertz CT molecular complexity index is 970. The lowest BCUT2D eigenvalue weighted by Gasteiger charge is -2.23. The summed E-state index contributed by atoms with van der Waals surface area (Å²) in [6.07, 6.45) is 4.78. The molecule has 0 aliphatic carbocycles. The number of fused-ring (bicyclic) bond motifs is 1. The molecule has 0 spiro atoms. The maximum Gasteiger partial charge on any atom is 0.408 e. The number of rotatable bonds is 5. The summed E-state index contributed by atoms with van der Waals surface area (Å²) < 4.78 is 7.32. The summed E-state index contributed by atoms with van der Waals surface area (Å²) in [6, 6.07) is 7.10. The molecule has 1 atom stereocenters. The number of H-pyrrole nitrogens is 1. The van der Waals surface area contributed by atoms with Gasteiger partial charge >= 0.3 is 6.09 Å². The summed E-state index contributed by atoms with van der Waals surface area (Å²) in [5.41, 5.74) is 1.35. The van der Waals surface area contributed by atoms with Crippen LogP contribution in [0, 0.1) is 0 Å². The van der Waals surface area contributed by atoms with Gasteiger partial charge in [-0.15, -0.1) is 0 Å². The van der Waals surface area contributed by atoms with Crippen LogP contribution >= 0.6 is 0 Å². The Labute approximate surface area is 163 Å². The molecule has 3 N–H and O–H groups in total. The number of ether oxygens (including phenoxy) is 1. The summed E-state index contributed by atoms with van der Waals surface area (Å²) >= 11 is 0. The second kappa shape index (κ2) is 7.75. The average Bonchev–Trinajstić information content (AvgIpc) is 3.21. The Morgan fingerprint density at radius 2 is 2.04 bits per heavy atom. The van der Waals surface area contributed by atoms with E-state index in [-0.39, 0.29) is 5.91 Å². The maximum absolute atomic E-state index is 12.8. The van der Waals surface area contributed by atoms with Gasteiger partial charge in [-0.2, -0.15) is 0 Å². The Balaban J connectivity index is 1.84. The van der Waals surface area contributed by atoms with Crippen LogP contribution in [0.4, 0.5) is 10.7 Å². The van der Waals surface area contributed by atoms with Crippen LogP contribution in [0.5, 0.6) is 0 Å². The van der Waals surface area contributed by atoms with Crippen molar-refractivity contribution in [3.63, 3.8) is 0 Å². The predicted octanol–water partition coefficient (Wildman–Crippen LogP) is 2.98. The van der Waals surface area contributed by atoms with Gasteiger partial charge in [0.05, 0.1) is 0 Å². The molecule has 3 rings (SSSR count). The van der Waals surface area contributed by atoms with Crippen molar-refractivity contribution in [1.82, 2.24) is 19.9 Å². The molecule has 2 heterocycles. The first-order valence-corrected chi connectivity index (χ1v) is 9.05. The highest BCUT2D eigenvalue weighted by Crippen LogP contribution is 2.22. The van der Waals surface area contributed by atoms with Gasteiger partial charge in [0.15, 0.2) is 0 Å². The number of carbonyl (C=O) groups excluding carboxylic acids is 2. The van der Waals surface area contributed by atoms with Crippen molar-refractivity contribution in [2.45, 2.75) is 38.8 Å². The standard InChI is InChI=1S/C20H25N5O3/c1-20(2,3)28-19(27)23-15(17(26)24-18-21-9-10-22-18)11-13-12-25(4)16-8-6-5-7-14(13)16/h5-10,12,15H,11H2,1-4H3,(H,23,27)(H2,21,22,24,26). The molecule has 8 heteroatoms. The zero-order valence-corrected chi connectivity index (χ0v) is 16.4. The number of nitrogens with one attached hydrogen (secondary N) is 3.